The Morgan fingerprint density at radius 2 is 1.91 bits per heavy atom. The number of carbonyl (C=O) groups excluding carboxylic acids is 2. The van der Waals surface area contributed by atoms with Crippen molar-refractivity contribution in [1.29, 1.82) is 0 Å². The van der Waals surface area contributed by atoms with Crippen LogP contribution in [0.25, 0.3) is 0 Å². The van der Waals surface area contributed by atoms with Gasteiger partial charge >= 0.3 is 0 Å². The van der Waals surface area contributed by atoms with Gasteiger partial charge in [-0.15, -0.1) is 0 Å². The van der Waals surface area contributed by atoms with Crippen molar-refractivity contribution in [1.82, 2.24) is 9.97 Å². The summed E-state index contributed by atoms with van der Waals surface area (Å²) in [6.07, 6.45) is 4.04. The van der Waals surface area contributed by atoms with E-state index in [-0.39, 0.29) is 16.9 Å². The molecule has 2 N–H and O–H groups in total. The molecule has 0 aliphatic heterocycles. The van der Waals surface area contributed by atoms with Gasteiger partial charge in [-0.1, -0.05) is 13.8 Å². The summed E-state index contributed by atoms with van der Waals surface area (Å²) in [6.45, 7) is 3.98. The molecule has 0 fully saturated rings. The number of nitrogens with one attached hydrogen (secondary N) is 2. The number of Topliss-reactive ketones (excluding diaryl/α,β-unsaturated/α-hetero) is 1. The van der Waals surface area contributed by atoms with Crippen molar-refractivity contribution in [2.45, 2.75) is 26.7 Å². The van der Waals surface area contributed by atoms with Crippen molar-refractivity contribution >= 4 is 17.4 Å². The second-order valence-corrected chi connectivity index (χ2v) is 6.54. The van der Waals surface area contributed by atoms with Crippen LogP contribution >= 0.6 is 0 Å². The molecule has 0 spiro atoms. The zero-order chi connectivity index (χ0) is 16.6. The summed E-state index contributed by atoms with van der Waals surface area (Å²) in [5, 5.41) is 2.56. The van der Waals surface area contributed by atoms with Gasteiger partial charge in [0.1, 0.15) is 5.69 Å². The second-order valence-electron chi connectivity index (χ2n) is 6.54. The molecule has 2 aromatic rings. The number of hydrogen-bond donors (Lipinski definition) is 2. The van der Waals surface area contributed by atoms with E-state index in [4.69, 9.17) is 0 Å². The van der Waals surface area contributed by atoms with E-state index in [0.717, 1.165) is 0 Å². The van der Waals surface area contributed by atoms with Crippen molar-refractivity contribution in [3.05, 3.63) is 57.8 Å². The van der Waals surface area contributed by atoms with Crippen LogP contribution in [0.2, 0.25) is 0 Å². The van der Waals surface area contributed by atoms with E-state index in [1.807, 2.05) is 13.8 Å². The zero-order valence-electron chi connectivity index (χ0n) is 13.0. The monoisotopic (exact) mass is 311 g/mol. The van der Waals surface area contributed by atoms with Crippen LogP contribution in [0.1, 0.15) is 46.7 Å². The standard InChI is InChI=1S/C17H17N3O3/c1-17(2)8-13-11(14(21)9-17)7-12(16(23)20-13)19-15(22)10-3-5-18-6-4-10/h3-7H,8-9H2,1-2H3,(H,19,22)(H,20,23). The number of aromatic nitrogens is 2. The number of carbonyl (C=O) groups is 2. The van der Waals surface area contributed by atoms with Gasteiger partial charge in [0.15, 0.2) is 5.78 Å². The molecule has 23 heavy (non-hydrogen) atoms. The smallest absolute Gasteiger partial charge is 0.271 e. The maximum absolute atomic E-state index is 12.3. The molecule has 0 saturated carbocycles. The van der Waals surface area contributed by atoms with Crippen molar-refractivity contribution in [2.75, 3.05) is 5.32 Å². The van der Waals surface area contributed by atoms with Crippen LogP contribution in [0.15, 0.2) is 35.4 Å². The van der Waals surface area contributed by atoms with Crippen LogP contribution in [0.3, 0.4) is 0 Å². The molecule has 118 valence electrons. The average Bonchev–Trinajstić information content (AvgIpc) is 2.48. The molecule has 1 aliphatic rings. The number of aromatic amines is 1. The van der Waals surface area contributed by atoms with Crippen LogP contribution in [0.5, 0.6) is 0 Å². The first kappa shape index (κ1) is 15.1. The Balaban J connectivity index is 1.94. The van der Waals surface area contributed by atoms with E-state index in [9.17, 15) is 14.4 Å². The van der Waals surface area contributed by atoms with Crippen LogP contribution in [-0.2, 0) is 6.42 Å². The lowest BCUT2D eigenvalue weighted by molar-refractivity contribution is 0.0909. The van der Waals surface area contributed by atoms with Crippen molar-refractivity contribution < 1.29 is 9.59 Å². The predicted octanol–water partition coefficient (Wildman–Crippen LogP) is 2.18. The fraction of sp³-hybridized carbons (Fsp3) is 0.294. The third-order valence-corrected chi connectivity index (χ3v) is 3.91. The first-order chi connectivity index (χ1) is 10.9. The summed E-state index contributed by atoms with van der Waals surface area (Å²) >= 11 is 0. The number of amides is 1. The SMILES string of the molecule is CC1(C)CC(=O)c2cc(NC(=O)c3ccncc3)c(=O)[nH]c2C1. The predicted molar refractivity (Wildman–Crippen MR) is 85.7 cm³/mol. The fourth-order valence-electron chi connectivity index (χ4n) is 2.82. The molecular weight excluding hydrogens is 294 g/mol. The molecule has 3 rings (SSSR count). The topological polar surface area (TPSA) is 91.9 Å². The van der Waals surface area contributed by atoms with E-state index in [0.29, 0.717) is 29.7 Å². The summed E-state index contributed by atoms with van der Waals surface area (Å²) in [7, 11) is 0. The van der Waals surface area contributed by atoms with Gasteiger partial charge < -0.3 is 10.3 Å². The van der Waals surface area contributed by atoms with Gasteiger partial charge in [-0.05, 0) is 30.0 Å². The molecular formula is C17H17N3O3. The highest BCUT2D eigenvalue weighted by atomic mass is 16.2. The number of ketones is 1. The maximum atomic E-state index is 12.3. The molecule has 2 heterocycles. The number of anilines is 1. The first-order valence-corrected chi connectivity index (χ1v) is 7.36. The molecule has 6 heteroatoms. The third-order valence-electron chi connectivity index (χ3n) is 3.91. The van der Waals surface area contributed by atoms with Crippen LogP contribution in [0.4, 0.5) is 5.69 Å². The molecule has 2 aromatic heterocycles. The summed E-state index contributed by atoms with van der Waals surface area (Å²) in [5.41, 5.74) is 1.02. The number of fused-ring (bicyclic) bond motifs is 1. The zero-order valence-corrected chi connectivity index (χ0v) is 13.0. The van der Waals surface area contributed by atoms with E-state index in [1.165, 1.54) is 18.5 Å². The molecule has 0 bridgehead atoms. The van der Waals surface area contributed by atoms with Gasteiger partial charge in [-0.2, -0.15) is 0 Å². The van der Waals surface area contributed by atoms with Crippen LogP contribution in [-0.4, -0.2) is 21.7 Å². The summed E-state index contributed by atoms with van der Waals surface area (Å²) in [5.74, 6) is -0.437. The Labute approximate surface area is 133 Å². The molecule has 0 unspecified atom stereocenters. The Bertz CT molecular complexity index is 838. The van der Waals surface area contributed by atoms with E-state index >= 15 is 0 Å². The van der Waals surface area contributed by atoms with Crippen molar-refractivity contribution in [3.8, 4) is 0 Å². The lowest BCUT2D eigenvalue weighted by Gasteiger charge is -2.29. The molecule has 1 aliphatic carbocycles. The molecule has 0 saturated heterocycles. The van der Waals surface area contributed by atoms with E-state index in [2.05, 4.69) is 15.3 Å². The minimum Gasteiger partial charge on any atom is -0.324 e. The normalized spacial score (nSPS) is 15.8. The lowest BCUT2D eigenvalue weighted by Crippen LogP contribution is -2.31. The van der Waals surface area contributed by atoms with Gasteiger partial charge in [-0.3, -0.25) is 19.4 Å². The summed E-state index contributed by atoms with van der Waals surface area (Å²) in [4.78, 5) is 43.2. The highest BCUT2D eigenvalue weighted by Crippen LogP contribution is 2.33. The Kier molecular flexibility index (Phi) is 3.60. The molecule has 0 atom stereocenters. The number of pyridine rings is 2. The number of rotatable bonds is 2. The molecule has 0 aromatic carbocycles. The summed E-state index contributed by atoms with van der Waals surface area (Å²) < 4.78 is 0. The van der Waals surface area contributed by atoms with E-state index < -0.39 is 11.5 Å². The molecule has 1 amide bonds. The second kappa shape index (κ2) is 5.46. The Morgan fingerprint density at radius 3 is 2.61 bits per heavy atom. The molecule has 0 radical (unpaired) electrons. The highest BCUT2D eigenvalue weighted by molar-refractivity contribution is 6.05. The average molecular weight is 311 g/mol. The first-order valence-electron chi connectivity index (χ1n) is 7.36. The van der Waals surface area contributed by atoms with E-state index in [1.54, 1.807) is 12.1 Å². The van der Waals surface area contributed by atoms with Gasteiger partial charge in [0.2, 0.25) is 0 Å². The van der Waals surface area contributed by atoms with Gasteiger partial charge in [0.25, 0.3) is 11.5 Å². The van der Waals surface area contributed by atoms with Crippen LogP contribution < -0.4 is 10.9 Å². The lowest BCUT2D eigenvalue weighted by atomic mass is 9.75. The number of hydrogen-bond acceptors (Lipinski definition) is 4. The maximum Gasteiger partial charge on any atom is 0.271 e. The largest absolute Gasteiger partial charge is 0.324 e. The fourth-order valence-corrected chi connectivity index (χ4v) is 2.82. The summed E-state index contributed by atoms with van der Waals surface area (Å²) in [6, 6.07) is 4.58. The van der Waals surface area contributed by atoms with Gasteiger partial charge in [0.05, 0.1) is 0 Å². The van der Waals surface area contributed by atoms with Crippen LogP contribution in [0, 0.1) is 5.41 Å². The Morgan fingerprint density at radius 1 is 1.22 bits per heavy atom. The highest BCUT2D eigenvalue weighted by Gasteiger charge is 2.32. The third kappa shape index (κ3) is 3.06. The van der Waals surface area contributed by atoms with Crippen molar-refractivity contribution in [3.63, 3.8) is 0 Å². The van der Waals surface area contributed by atoms with Gasteiger partial charge in [0, 0.05) is 35.6 Å². The van der Waals surface area contributed by atoms with Crippen molar-refractivity contribution in [2.24, 2.45) is 5.41 Å². The minimum absolute atomic E-state index is 0.0214. The minimum atomic E-state index is -0.415. The Hall–Kier alpha value is -2.76. The number of nitrogens with zero attached hydrogens (tertiary/aromatic N) is 1. The van der Waals surface area contributed by atoms with Gasteiger partial charge in [-0.25, -0.2) is 0 Å². The quantitative estimate of drug-likeness (QED) is 0.889. The molecule has 6 nitrogen and oxygen atoms in total. The number of H-pyrrole nitrogens is 1.